The molecule has 1 aromatic heterocycles. The number of anilines is 6. The molecule has 0 spiro atoms. The molecule has 3 nitrogen and oxygen atoms in total. The highest BCUT2D eigenvalue weighted by Crippen LogP contribution is 2.47. The maximum absolute atomic E-state index is 6.18. The van der Waals surface area contributed by atoms with Gasteiger partial charge in [-0.1, -0.05) is 156 Å². The third-order valence-electron chi connectivity index (χ3n) is 13.4. The van der Waals surface area contributed by atoms with E-state index in [1.807, 2.05) is 12.1 Å². The van der Waals surface area contributed by atoms with Crippen LogP contribution in [0.5, 0.6) is 0 Å². The second-order valence-electron chi connectivity index (χ2n) is 21.9. The van der Waals surface area contributed by atoms with Gasteiger partial charge in [0.2, 0.25) is 0 Å². The summed E-state index contributed by atoms with van der Waals surface area (Å²) in [5, 5.41) is 2.29. The Morgan fingerprint density at radius 1 is 0.387 bits per heavy atom. The fourth-order valence-electron chi connectivity index (χ4n) is 10.1. The Kier molecular flexibility index (Phi) is 8.89. The molecule has 0 saturated heterocycles. The summed E-state index contributed by atoms with van der Waals surface area (Å²) >= 11 is 0. The molecule has 310 valence electrons. The third kappa shape index (κ3) is 6.48. The summed E-state index contributed by atoms with van der Waals surface area (Å²) in [5.41, 5.74) is 21.0. The van der Waals surface area contributed by atoms with Crippen molar-refractivity contribution in [3.63, 3.8) is 0 Å². The van der Waals surface area contributed by atoms with E-state index < -0.39 is 0 Å². The van der Waals surface area contributed by atoms with Crippen molar-refractivity contribution in [3.8, 4) is 11.1 Å². The van der Waals surface area contributed by atoms with Gasteiger partial charge in [0.05, 0.1) is 0 Å². The normalized spacial score (nSPS) is 14.0. The largest absolute Gasteiger partial charge is 0.456 e. The summed E-state index contributed by atoms with van der Waals surface area (Å²) < 4.78 is 6.18. The zero-order chi connectivity index (χ0) is 43.7. The van der Waals surface area contributed by atoms with Crippen molar-refractivity contribution in [3.05, 3.63) is 162 Å². The van der Waals surface area contributed by atoms with Crippen molar-refractivity contribution in [2.45, 2.75) is 105 Å². The van der Waals surface area contributed by atoms with Gasteiger partial charge in [-0.15, -0.1) is 0 Å². The molecule has 0 fully saturated rings. The second-order valence-corrected chi connectivity index (χ2v) is 21.9. The maximum Gasteiger partial charge on any atom is 0.252 e. The lowest BCUT2D eigenvalue weighted by Crippen LogP contribution is -2.61. The lowest BCUT2D eigenvalue weighted by molar-refractivity contribution is 0.531. The summed E-state index contributed by atoms with van der Waals surface area (Å²) in [7, 11) is 0. The first kappa shape index (κ1) is 40.1. The first-order valence-electron chi connectivity index (χ1n) is 22.5. The summed E-state index contributed by atoms with van der Waals surface area (Å²) in [6.45, 7) is 28.2. The standard InChI is InChI=1S/C58H59BN2O/c1-55(2,3)38-23-28-41(29-24-38)61-50-18-15-17-49-54(50)59(47-34-44(57(7,8)9)45(35-51(47)61)58(10,11)12)46-33-39(56(4,5)6)25-30-48(46)60(49)40-26-20-36(21-27-40)37-22-31-53-43(32-37)42-16-13-14-19-52(42)62-53/h13-35H,1-12H3. The number of hydrogen-bond acceptors (Lipinski definition) is 3. The first-order valence-corrected chi connectivity index (χ1v) is 22.5. The smallest absolute Gasteiger partial charge is 0.252 e. The predicted molar refractivity (Wildman–Crippen MR) is 268 cm³/mol. The molecule has 2 aliphatic rings. The molecule has 7 aromatic carbocycles. The summed E-state index contributed by atoms with van der Waals surface area (Å²) in [4.78, 5) is 5.09. The Morgan fingerprint density at radius 3 is 1.55 bits per heavy atom. The molecule has 0 aliphatic carbocycles. The zero-order valence-corrected chi connectivity index (χ0v) is 38.7. The molecular formula is C58H59BN2O. The lowest BCUT2D eigenvalue weighted by Gasteiger charge is -2.45. The quantitative estimate of drug-likeness (QED) is 0.166. The predicted octanol–water partition coefficient (Wildman–Crippen LogP) is 14.5. The fraction of sp³-hybridized carbons (Fsp3) is 0.276. The van der Waals surface area contributed by atoms with E-state index in [4.69, 9.17) is 4.42 Å². The van der Waals surface area contributed by atoms with Crippen LogP contribution in [0.25, 0.3) is 33.1 Å². The average molecular weight is 811 g/mol. The lowest BCUT2D eigenvalue weighted by atomic mass is 9.33. The number of para-hydroxylation sites is 1. The van der Waals surface area contributed by atoms with E-state index >= 15 is 0 Å². The van der Waals surface area contributed by atoms with Crippen molar-refractivity contribution in [2.75, 3.05) is 9.80 Å². The van der Waals surface area contributed by atoms with Gasteiger partial charge in [-0.25, -0.2) is 0 Å². The van der Waals surface area contributed by atoms with Gasteiger partial charge < -0.3 is 14.2 Å². The minimum atomic E-state index is -0.0512. The molecule has 0 unspecified atom stereocenters. The van der Waals surface area contributed by atoms with Gasteiger partial charge in [-0.05, 0) is 138 Å². The van der Waals surface area contributed by atoms with E-state index in [2.05, 4.69) is 220 Å². The highest BCUT2D eigenvalue weighted by Gasteiger charge is 2.45. The highest BCUT2D eigenvalue weighted by molar-refractivity contribution is 7.00. The van der Waals surface area contributed by atoms with E-state index in [-0.39, 0.29) is 28.4 Å². The molecule has 2 aliphatic heterocycles. The minimum absolute atomic E-state index is 0.0201. The monoisotopic (exact) mass is 810 g/mol. The van der Waals surface area contributed by atoms with Crippen LogP contribution in [0.3, 0.4) is 0 Å². The number of fused-ring (bicyclic) bond motifs is 7. The Hall–Kier alpha value is -6.00. The number of benzene rings is 7. The van der Waals surface area contributed by atoms with E-state index in [9.17, 15) is 0 Å². The molecule has 4 heteroatoms. The number of hydrogen-bond donors (Lipinski definition) is 0. The van der Waals surface area contributed by atoms with Gasteiger partial charge >= 0.3 is 0 Å². The van der Waals surface area contributed by atoms with Crippen LogP contribution in [-0.2, 0) is 21.7 Å². The van der Waals surface area contributed by atoms with Crippen LogP contribution in [0.15, 0.2) is 144 Å². The van der Waals surface area contributed by atoms with Crippen LogP contribution in [0.4, 0.5) is 34.1 Å². The van der Waals surface area contributed by atoms with Crippen LogP contribution >= 0.6 is 0 Å². The average Bonchev–Trinajstić information content (AvgIpc) is 3.60. The summed E-state index contributed by atoms with van der Waals surface area (Å²) in [5.74, 6) is 0. The molecule has 0 saturated carbocycles. The third-order valence-corrected chi connectivity index (χ3v) is 13.4. The van der Waals surface area contributed by atoms with E-state index in [0.717, 1.165) is 27.6 Å². The zero-order valence-electron chi connectivity index (χ0n) is 38.7. The van der Waals surface area contributed by atoms with Gasteiger partial charge in [-0.3, -0.25) is 0 Å². The van der Waals surface area contributed by atoms with Gasteiger partial charge in [0.15, 0.2) is 0 Å². The molecular weight excluding hydrogens is 751 g/mol. The Morgan fingerprint density at radius 2 is 0.919 bits per heavy atom. The van der Waals surface area contributed by atoms with E-state index in [0.29, 0.717) is 0 Å². The molecule has 0 N–H and O–H groups in total. The SMILES string of the molecule is CC(C)(C)c1ccc(N2c3cc(C(C)(C)C)c(C(C)(C)C)cc3B3c4cc(C(C)(C)C)ccc4N(c4ccc(-c5ccc6oc7ccccc7c6c5)cc4)c4cccc2c43)cc1. The molecule has 10 rings (SSSR count). The Bertz CT molecular complexity index is 3050. The van der Waals surface area contributed by atoms with Crippen molar-refractivity contribution < 1.29 is 4.42 Å². The molecule has 3 heterocycles. The molecule has 0 atom stereocenters. The number of nitrogens with zero attached hydrogens (tertiary/aromatic N) is 2. The topological polar surface area (TPSA) is 19.6 Å². The van der Waals surface area contributed by atoms with Crippen molar-refractivity contribution in [1.82, 2.24) is 0 Å². The number of rotatable bonds is 3. The molecule has 0 radical (unpaired) electrons. The first-order chi connectivity index (χ1) is 29.3. The fourth-order valence-corrected chi connectivity index (χ4v) is 10.1. The van der Waals surface area contributed by atoms with Crippen LogP contribution in [0.2, 0.25) is 0 Å². The Labute approximate surface area is 369 Å². The Balaban J connectivity index is 1.21. The summed E-state index contributed by atoms with van der Waals surface area (Å²) in [6, 6.07) is 52.8. The van der Waals surface area contributed by atoms with Crippen LogP contribution < -0.4 is 26.2 Å². The van der Waals surface area contributed by atoms with Gasteiger partial charge in [0.1, 0.15) is 11.2 Å². The molecule has 0 amide bonds. The van der Waals surface area contributed by atoms with Gasteiger partial charge in [0, 0.05) is 44.9 Å². The minimum Gasteiger partial charge on any atom is -0.456 e. The highest BCUT2D eigenvalue weighted by atomic mass is 16.3. The summed E-state index contributed by atoms with van der Waals surface area (Å²) in [6.07, 6.45) is 0. The van der Waals surface area contributed by atoms with Gasteiger partial charge in [0.25, 0.3) is 6.71 Å². The molecule has 0 bridgehead atoms. The second kappa shape index (κ2) is 13.8. The van der Waals surface area contributed by atoms with Crippen LogP contribution in [0.1, 0.15) is 105 Å². The van der Waals surface area contributed by atoms with E-state index in [1.165, 1.54) is 78.2 Å². The van der Waals surface area contributed by atoms with Gasteiger partial charge in [-0.2, -0.15) is 0 Å². The van der Waals surface area contributed by atoms with Crippen molar-refractivity contribution in [1.29, 1.82) is 0 Å². The number of furan rings is 1. The molecule has 62 heavy (non-hydrogen) atoms. The van der Waals surface area contributed by atoms with Crippen LogP contribution in [0, 0.1) is 0 Å². The maximum atomic E-state index is 6.18. The molecule has 8 aromatic rings. The van der Waals surface area contributed by atoms with Crippen molar-refractivity contribution >= 4 is 79.2 Å². The van der Waals surface area contributed by atoms with Crippen LogP contribution in [-0.4, -0.2) is 6.71 Å². The van der Waals surface area contributed by atoms with E-state index in [1.54, 1.807) is 0 Å². The van der Waals surface area contributed by atoms with Crippen molar-refractivity contribution in [2.24, 2.45) is 0 Å².